The van der Waals surface area contributed by atoms with Crippen LogP contribution in [0.15, 0.2) is 54.6 Å². The molecule has 6 heteroatoms. The maximum absolute atomic E-state index is 12.5. The Labute approximate surface area is 151 Å². The predicted molar refractivity (Wildman–Crippen MR) is 99.3 cm³/mol. The van der Waals surface area contributed by atoms with Gasteiger partial charge in [-0.15, -0.1) is 0 Å². The van der Waals surface area contributed by atoms with Crippen molar-refractivity contribution in [1.29, 1.82) is 0 Å². The number of rotatable bonds is 5. The van der Waals surface area contributed by atoms with Crippen molar-refractivity contribution >= 4 is 22.8 Å². The Bertz CT molecular complexity index is 949. The van der Waals surface area contributed by atoms with E-state index >= 15 is 0 Å². The average molecular weight is 348 g/mol. The number of carbonyl (C=O) groups is 2. The first-order chi connectivity index (χ1) is 12.7. The molecule has 0 saturated carbocycles. The Balaban J connectivity index is 1.57. The molecule has 3 aromatic rings. The minimum absolute atomic E-state index is 0.0274. The molecule has 1 atom stereocenters. The molecule has 0 aliphatic carbocycles. The number of carbonyl (C=O) groups excluding carboxylic acids is 2. The largest absolute Gasteiger partial charge is 0.352 e. The van der Waals surface area contributed by atoms with E-state index < -0.39 is 0 Å². The summed E-state index contributed by atoms with van der Waals surface area (Å²) in [6, 6.07) is 17.7. The SMILES string of the molecule is O=C(Cn1c(-c2ccccc2)nc2ccccc21)NC[C@@H]1CCC(=O)N1. The predicted octanol–water partition coefficient (Wildman–Crippen LogP) is 2.10. The second-order valence-electron chi connectivity index (χ2n) is 6.48. The van der Waals surface area contributed by atoms with Gasteiger partial charge in [0.25, 0.3) is 0 Å². The van der Waals surface area contributed by atoms with Gasteiger partial charge in [-0.1, -0.05) is 42.5 Å². The number of aromatic nitrogens is 2. The van der Waals surface area contributed by atoms with Crippen molar-refractivity contribution in [3.63, 3.8) is 0 Å². The fraction of sp³-hybridized carbons (Fsp3) is 0.250. The summed E-state index contributed by atoms with van der Waals surface area (Å²) in [6.45, 7) is 0.642. The van der Waals surface area contributed by atoms with Crippen molar-refractivity contribution in [2.45, 2.75) is 25.4 Å². The lowest BCUT2D eigenvalue weighted by molar-refractivity contribution is -0.122. The molecule has 1 aromatic heterocycles. The molecule has 1 aliphatic rings. The van der Waals surface area contributed by atoms with E-state index in [1.165, 1.54) is 0 Å². The van der Waals surface area contributed by atoms with E-state index in [4.69, 9.17) is 4.98 Å². The van der Waals surface area contributed by atoms with Gasteiger partial charge in [0, 0.05) is 24.6 Å². The van der Waals surface area contributed by atoms with Gasteiger partial charge in [-0.3, -0.25) is 9.59 Å². The number of nitrogens with one attached hydrogen (secondary N) is 2. The second-order valence-corrected chi connectivity index (χ2v) is 6.48. The Kier molecular flexibility index (Phi) is 4.39. The van der Waals surface area contributed by atoms with Crippen LogP contribution in [0.5, 0.6) is 0 Å². The number of nitrogens with zero attached hydrogens (tertiary/aromatic N) is 2. The van der Waals surface area contributed by atoms with Crippen molar-refractivity contribution in [3.05, 3.63) is 54.6 Å². The first-order valence-electron chi connectivity index (χ1n) is 8.77. The topological polar surface area (TPSA) is 76.0 Å². The highest BCUT2D eigenvalue weighted by Gasteiger charge is 2.21. The van der Waals surface area contributed by atoms with Crippen LogP contribution >= 0.6 is 0 Å². The van der Waals surface area contributed by atoms with Crippen LogP contribution < -0.4 is 10.6 Å². The normalized spacial score (nSPS) is 16.6. The van der Waals surface area contributed by atoms with Crippen molar-refractivity contribution in [2.75, 3.05) is 6.54 Å². The molecule has 1 aliphatic heterocycles. The molecule has 2 amide bonds. The lowest BCUT2D eigenvalue weighted by Gasteiger charge is -2.13. The first kappa shape index (κ1) is 16.3. The van der Waals surface area contributed by atoms with Crippen LogP contribution in [-0.4, -0.2) is 34.0 Å². The molecule has 6 nitrogen and oxygen atoms in total. The maximum Gasteiger partial charge on any atom is 0.240 e. The standard InChI is InChI=1S/C20H20N4O2/c25-18-11-10-15(22-18)12-21-19(26)13-24-17-9-5-4-8-16(17)23-20(24)14-6-2-1-3-7-14/h1-9,15H,10-13H2,(H,21,26)(H,22,25)/t15-/m0/s1. The van der Waals surface area contributed by atoms with Crippen LogP contribution in [0.4, 0.5) is 0 Å². The van der Waals surface area contributed by atoms with Gasteiger partial charge in [0.15, 0.2) is 0 Å². The highest BCUT2D eigenvalue weighted by molar-refractivity contribution is 5.84. The average Bonchev–Trinajstić information content (AvgIpc) is 3.25. The maximum atomic E-state index is 12.5. The lowest BCUT2D eigenvalue weighted by atomic mass is 10.2. The van der Waals surface area contributed by atoms with Crippen LogP contribution in [0.25, 0.3) is 22.4 Å². The molecule has 2 heterocycles. The highest BCUT2D eigenvalue weighted by Crippen LogP contribution is 2.24. The summed E-state index contributed by atoms with van der Waals surface area (Å²) in [5.74, 6) is 0.735. The van der Waals surface area contributed by atoms with Gasteiger partial charge in [0.1, 0.15) is 12.4 Å². The fourth-order valence-corrected chi connectivity index (χ4v) is 3.31. The van der Waals surface area contributed by atoms with Gasteiger partial charge in [0.2, 0.25) is 11.8 Å². The molecule has 2 N–H and O–H groups in total. The highest BCUT2D eigenvalue weighted by atomic mass is 16.2. The third-order valence-corrected chi connectivity index (χ3v) is 4.62. The third kappa shape index (κ3) is 3.31. The Morgan fingerprint density at radius 2 is 1.92 bits per heavy atom. The Morgan fingerprint density at radius 1 is 1.15 bits per heavy atom. The number of para-hydroxylation sites is 2. The third-order valence-electron chi connectivity index (χ3n) is 4.62. The van der Waals surface area contributed by atoms with E-state index in [0.29, 0.717) is 13.0 Å². The van der Waals surface area contributed by atoms with Crippen LogP contribution in [0, 0.1) is 0 Å². The molecule has 0 unspecified atom stereocenters. The summed E-state index contributed by atoms with van der Waals surface area (Å²) in [5, 5.41) is 5.79. The van der Waals surface area contributed by atoms with E-state index in [1.54, 1.807) is 0 Å². The summed E-state index contributed by atoms with van der Waals surface area (Å²) in [7, 11) is 0. The number of imidazole rings is 1. The van der Waals surface area contributed by atoms with Crippen molar-refractivity contribution in [2.24, 2.45) is 0 Å². The Morgan fingerprint density at radius 3 is 2.69 bits per heavy atom. The molecule has 0 bridgehead atoms. The van der Waals surface area contributed by atoms with E-state index in [-0.39, 0.29) is 24.4 Å². The van der Waals surface area contributed by atoms with Crippen molar-refractivity contribution in [1.82, 2.24) is 20.2 Å². The lowest BCUT2D eigenvalue weighted by Crippen LogP contribution is -2.39. The number of benzene rings is 2. The second kappa shape index (κ2) is 7.00. The van der Waals surface area contributed by atoms with Gasteiger partial charge in [-0.2, -0.15) is 0 Å². The molecular formula is C20H20N4O2. The van der Waals surface area contributed by atoms with E-state index in [1.807, 2.05) is 59.2 Å². The van der Waals surface area contributed by atoms with E-state index in [0.717, 1.165) is 28.8 Å². The zero-order valence-corrected chi connectivity index (χ0v) is 14.3. The van der Waals surface area contributed by atoms with E-state index in [2.05, 4.69) is 10.6 Å². The number of amides is 2. The van der Waals surface area contributed by atoms with Crippen molar-refractivity contribution < 1.29 is 9.59 Å². The van der Waals surface area contributed by atoms with Gasteiger partial charge in [-0.25, -0.2) is 4.98 Å². The minimum Gasteiger partial charge on any atom is -0.352 e. The van der Waals surface area contributed by atoms with Gasteiger partial charge >= 0.3 is 0 Å². The zero-order valence-electron chi connectivity index (χ0n) is 14.3. The van der Waals surface area contributed by atoms with Crippen LogP contribution in [0.1, 0.15) is 12.8 Å². The molecular weight excluding hydrogens is 328 g/mol. The zero-order chi connectivity index (χ0) is 17.9. The molecule has 1 saturated heterocycles. The molecule has 26 heavy (non-hydrogen) atoms. The fourth-order valence-electron chi connectivity index (χ4n) is 3.31. The summed E-state index contributed by atoms with van der Waals surface area (Å²) < 4.78 is 1.94. The number of fused-ring (bicyclic) bond motifs is 1. The van der Waals surface area contributed by atoms with Crippen LogP contribution in [0.2, 0.25) is 0 Å². The Hall–Kier alpha value is -3.15. The smallest absolute Gasteiger partial charge is 0.240 e. The molecule has 1 fully saturated rings. The molecule has 0 radical (unpaired) electrons. The van der Waals surface area contributed by atoms with E-state index in [9.17, 15) is 9.59 Å². The number of hydrogen-bond donors (Lipinski definition) is 2. The summed E-state index contributed by atoms with van der Waals surface area (Å²) in [5.41, 5.74) is 2.76. The minimum atomic E-state index is -0.0912. The van der Waals surface area contributed by atoms with Crippen molar-refractivity contribution in [3.8, 4) is 11.4 Å². The quantitative estimate of drug-likeness (QED) is 0.741. The van der Waals surface area contributed by atoms with Crippen LogP contribution in [0.3, 0.4) is 0 Å². The van der Waals surface area contributed by atoms with Crippen LogP contribution in [-0.2, 0) is 16.1 Å². The first-order valence-corrected chi connectivity index (χ1v) is 8.77. The summed E-state index contributed by atoms with van der Waals surface area (Å²) in [4.78, 5) is 28.5. The van der Waals surface area contributed by atoms with Gasteiger partial charge < -0.3 is 15.2 Å². The van der Waals surface area contributed by atoms with Gasteiger partial charge in [-0.05, 0) is 18.6 Å². The van der Waals surface area contributed by atoms with Gasteiger partial charge in [0.05, 0.1) is 11.0 Å². The summed E-state index contributed by atoms with van der Waals surface area (Å²) in [6.07, 6.45) is 1.30. The number of hydrogen-bond acceptors (Lipinski definition) is 3. The summed E-state index contributed by atoms with van der Waals surface area (Å²) >= 11 is 0. The monoisotopic (exact) mass is 348 g/mol. The molecule has 4 rings (SSSR count). The molecule has 132 valence electrons. The molecule has 2 aromatic carbocycles. The molecule has 0 spiro atoms.